The lowest BCUT2D eigenvalue weighted by Crippen LogP contribution is -2.20. The molecule has 1 aromatic heterocycles. The first kappa shape index (κ1) is 12.4. The van der Waals surface area contributed by atoms with E-state index in [9.17, 15) is 0 Å². The number of aryl methyl sites for hydroxylation is 1. The molecule has 1 unspecified atom stereocenters. The molecule has 0 spiro atoms. The van der Waals surface area contributed by atoms with Gasteiger partial charge < -0.3 is 4.42 Å². The van der Waals surface area contributed by atoms with Crippen LogP contribution in [0.2, 0.25) is 0 Å². The summed E-state index contributed by atoms with van der Waals surface area (Å²) in [7, 11) is 0. The normalized spacial score (nSPS) is 15.2. The summed E-state index contributed by atoms with van der Waals surface area (Å²) in [6, 6.07) is 4.23. The minimum atomic E-state index is 0.249. The number of rotatable bonds is 6. The molecule has 1 atom stereocenters. The van der Waals surface area contributed by atoms with Crippen molar-refractivity contribution in [2.45, 2.75) is 65.2 Å². The van der Waals surface area contributed by atoms with Gasteiger partial charge in [0.15, 0.2) is 0 Å². The second kappa shape index (κ2) is 5.39. The van der Waals surface area contributed by atoms with Crippen molar-refractivity contribution >= 4 is 0 Å². The zero-order valence-corrected chi connectivity index (χ0v) is 10.6. The monoisotopic (exact) mass is 208 g/mol. The maximum absolute atomic E-state index is 5.80. The Morgan fingerprint density at radius 2 is 1.87 bits per heavy atom. The highest BCUT2D eigenvalue weighted by atomic mass is 16.3. The van der Waals surface area contributed by atoms with Gasteiger partial charge in [-0.05, 0) is 31.9 Å². The van der Waals surface area contributed by atoms with E-state index in [1.54, 1.807) is 0 Å². The number of hydrogen-bond donors (Lipinski definition) is 0. The van der Waals surface area contributed by atoms with Gasteiger partial charge in [-0.3, -0.25) is 0 Å². The Morgan fingerprint density at radius 3 is 2.33 bits per heavy atom. The van der Waals surface area contributed by atoms with Crippen LogP contribution >= 0.6 is 0 Å². The molecule has 0 aromatic carbocycles. The molecule has 0 aliphatic heterocycles. The van der Waals surface area contributed by atoms with Crippen molar-refractivity contribution in [3.05, 3.63) is 23.7 Å². The highest BCUT2D eigenvalue weighted by Gasteiger charge is 2.28. The summed E-state index contributed by atoms with van der Waals surface area (Å²) in [6.07, 6.45) is 6.24. The van der Waals surface area contributed by atoms with E-state index in [2.05, 4.69) is 32.9 Å². The molecule has 0 aliphatic carbocycles. The van der Waals surface area contributed by atoms with Crippen LogP contribution in [-0.4, -0.2) is 0 Å². The van der Waals surface area contributed by atoms with Crippen molar-refractivity contribution in [2.75, 3.05) is 0 Å². The Hall–Kier alpha value is -0.720. The maximum atomic E-state index is 5.80. The third-order valence-electron chi connectivity index (χ3n) is 3.22. The van der Waals surface area contributed by atoms with Gasteiger partial charge in [-0.1, -0.05) is 40.0 Å². The number of unbranched alkanes of at least 4 members (excludes halogenated alkanes) is 1. The molecule has 0 fully saturated rings. The fraction of sp³-hybridized carbons (Fsp3) is 0.714. The maximum Gasteiger partial charge on any atom is 0.110 e. The van der Waals surface area contributed by atoms with Crippen LogP contribution in [-0.2, 0) is 5.41 Å². The second-order valence-corrected chi connectivity index (χ2v) is 4.82. The first-order valence-electron chi connectivity index (χ1n) is 6.19. The van der Waals surface area contributed by atoms with Gasteiger partial charge in [0.2, 0.25) is 0 Å². The van der Waals surface area contributed by atoms with Crippen molar-refractivity contribution in [3.63, 3.8) is 0 Å². The van der Waals surface area contributed by atoms with E-state index in [4.69, 9.17) is 4.42 Å². The molecule has 0 amide bonds. The van der Waals surface area contributed by atoms with Gasteiger partial charge >= 0.3 is 0 Å². The lowest BCUT2D eigenvalue weighted by molar-refractivity contribution is 0.303. The summed E-state index contributed by atoms with van der Waals surface area (Å²) < 4.78 is 5.80. The van der Waals surface area contributed by atoms with Gasteiger partial charge in [0.1, 0.15) is 11.5 Å². The zero-order valence-electron chi connectivity index (χ0n) is 10.6. The molecule has 1 heteroatoms. The Morgan fingerprint density at radius 1 is 1.13 bits per heavy atom. The quantitative estimate of drug-likeness (QED) is 0.652. The van der Waals surface area contributed by atoms with Crippen molar-refractivity contribution in [3.8, 4) is 0 Å². The summed E-state index contributed by atoms with van der Waals surface area (Å²) in [5, 5.41) is 0. The van der Waals surface area contributed by atoms with E-state index >= 15 is 0 Å². The van der Waals surface area contributed by atoms with Gasteiger partial charge in [0.05, 0.1) is 0 Å². The highest BCUT2D eigenvalue weighted by Crippen LogP contribution is 2.35. The molecule has 0 N–H and O–H groups in total. The molecule has 1 rings (SSSR count). The molecule has 0 bridgehead atoms. The first-order chi connectivity index (χ1) is 7.12. The first-order valence-corrected chi connectivity index (χ1v) is 6.19. The van der Waals surface area contributed by atoms with Crippen LogP contribution < -0.4 is 0 Å². The molecule has 1 nitrogen and oxygen atoms in total. The highest BCUT2D eigenvalue weighted by molar-refractivity contribution is 5.15. The van der Waals surface area contributed by atoms with E-state index in [1.807, 2.05) is 6.92 Å². The Kier molecular flexibility index (Phi) is 4.44. The topological polar surface area (TPSA) is 13.1 Å². The number of furan rings is 1. The third kappa shape index (κ3) is 3.12. The predicted molar refractivity (Wildman–Crippen MR) is 65.2 cm³/mol. The van der Waals surface area contributed by atoms with Gasteiger partial charge in [0.25, 0.3) is 0 Å². The Balaban J connectivity index is 2.79. The summed E-state index contributed by atoms with van der Waals surface area (Å²) in [5.41, 5.74) is 0.249. The van der Waals surface area contributed by atoms with Crippen molar-refractivity contribution in [1.29, 1.82) is 0 Å². The van der Waals surface area contributed by atoms with E-state index < -0.39 is 0 Å². The van der Waals surface area contributed by atoms with E-state index in [0.29, 0.717) is 0 Å². The third-order valence-corrected chi connectivity index (χ3v) is 3.22. The molecule has 1 aromatic rings. The molecular formula is C14H24O. The molecule has 0 aliphatic rings. The van der Waals surface area contributed by atoms with Gasteiger partial charge in [0, 0.05) is 5.41 Å². The van der Waals surface area contributed by atoms with Crippen LogP contribution in [0.1, 0.15) is 64.4 Å². The van der Waals surface area contributed by atoms with E-state index in [1.165, 1.54) is 37.9 Å². The largest absolute Gasteiger partial charge is 0.466 e. The summed E-state index contributed by atoms with van der Waals surface area (Å²) in [5.74, 6) is 2.21. The van der Waals surface area contributed by atoms with Gasteiger partial charge in [-0.2, -0.15) is 0 Å². The van der Waals surface area contributed by atoms with Crippen LogP contribution in [0.3, 0.4) is 0 Å². The average Bonchev–Trinajstić information content (AvgIpc) is 2.63. The average molecular weight is 208 g/mol. The van der Waals surface area contributed by atoms with Gasteiger partial charge in [-0.15, -0.1) is 0 Å². The lowest BCUT2D eigenvalue weighted by atomic mass is 9.78. The summed E-state index contributed by atoms with van der Waals surface area (Å²) in [4.78, 5) is 0. The van der Waals surface area contributed by atoms with E-state index in [-0.39, 0.29) is 5.41 Å². The Labute approximate surface area is 93.9 Å². The summed E-state index contributed by atoms with van der Waals surface area (Å²) in [6.45, 7) is 8.86. The molecule has 86 valence electrons. The van der Waals surface area contributed by atoms with Crippen LogP contribution in [0.15, 0.2) is 16.5 Å². The summed E-state index contributed by atoms with van der Waals surface area (Å²) >= 11 is 0. The van der Waals surface area contributed by atoms with Crippen LogP contribution in [0, 0.1) is 6.92 Å². The molecule has 0 radical (unpaired) electrons. The molecule has 0 saturated heterocycles. The fourth-order valence-electron chi connectivity index (χ4n) is 2.25. The second-order valence-electron chi connectivity index (χ2n) is 4.82. The molecule has 1 heterocycles. The standard InChI is InChI=1S/C14H24O/c1-5-7-11-14(4,10-6-2)13-9-8-12(3)15-13/h8-9H,5-7,10-11H2,1-4H3. The van der Waals surface area contributed by atoms with Crippen molar-refractivity contribution < 1.29 is 4.42 Å². The van der Waals surface area contributed by atoms with Crippen LogP contribution in [0.25, 0.3) is 0 Å². The predicted octanol–water partition coefficient (Wildman–Crippen LogP) is 4.84. The SMILES string of the molecule is CCCCC(C)(CCC)c1ccc(C)o1. The van der Waals surface area contributed by atoms with Crippen LogP contribution in [0.5, 0.6) is 0 Å². The minimum Gasteiger partial charge on any atom is -0.466 e. The van der Waals surface area contributed by atoms with Gasteiger partial charge in [-0.25, -0.2) is 0 Å². The minimum absolute atomic E-state index is 0.249. The smallest absolute Gasteiger partial charge is 0.110 e. The van der Waals surface area contributed by atoms with Crippen molar-refractivity contribution in [2.24, 2.45) is 0 Å². The number of hydrogen-bond acceptors (Lipinski definition) is 1. The molecule has 15 heavy (non-hydrogen) atoms. The fourth-order valence-corrected chi connectivity index (χ4v) is 2.25. The zero-order chi connectivity index (χ0) is 11.3. The van der Waals surface area contributed by atoms with Crippen molar-refractivity contribution in [1.82, 2.24) is 0 Å². The Bertz CT molecular complexity index is 287. The van der Waals surface area contributed by atoms with Crippen LogP contribution in [0.4, 0.5) is 0 Å². The van der Waals surface area contributed by atoms with E-state index in [0.717, 1.165) is 5.76 Å². The molecule has 0 saturated carbocycles. The molecular weight excluding hydrogens is 184 g/mol. The lowest BCUT2D eigenvalue weighted by Gasteiger charge is -2.27.